The van der Waals surface area contributed by atoms with E-state index >= 15 is 0 Å². The van der Waals surface area contributed by atoms with Gasteiger partial charge >= 0.3 is 0 Å². The van der Waals surface area contributed by atoms with Gasteiger partial charge in [0.2, 0.25) is 5.95 Å². The predicted molar refractivity (Wildman–Crippen MR) is 144 cm³/mol. The SMILES string of the molecule is COc1cc(C2C(C(=O)Nc3ccccc3C)=C(C)Nc3nnnn32)cc(Br)c1OCc1ccccc1. The molecule has 188 valence electrons. The van der Waals surface area contributed by atoms with Crippen molar-refractivity contribution in [2.75, 3.05) is 17.7 Å². The maximum atomic E-state index is 13.7. The molecule has 10 heteroatoms. The summed E-state index contributed by atoms with van der Waals surface area (Å²) < 4.78 is 14.1. The number of fused-ring (bicyclic) bond motifs is 1. The highest BCUT2D eigenvalue weighted by Crippen LogP contribution is 2.43. The van der Waals surface area contributed by atoms with Crippen molar-refractivity contribution in [3.05, 3.63) is 99.2 Å². The number of ether oxygens (including phenoxy) is 2. The molecule has 37 heavy (non-hydrogen) atoms. The minimum absolute atomic E-state index is 0.259. The van der Waals surface area contributed by atoms with Crippen molar-refractivity contribution in [2.45, 2.75) is 26.5 Å². The van der Waals surface area contributed by atoms with Gasteiger partial charge in [0.1, 0.15) is 12.6 Å². The van der Waals surface area contributed by atoms with E-state index in [1.165, 1.54) is 0 Å². The van der Waals surface area contributed by atoms with Gasteiger partial charge in [0.05, 0.1) is 17.2 Å². The lowest BCUT2D eigenvalue weighted by Gasteiger charge is -2.28. The van der Waals surface area contributed by atoms with Crippen LogP contribution >= 0.6 is 15.9 Å². The average molecular weight is 561 g/mol. The molecular weight excluding hydrogens is 536 g/mol. The summed E-state index contributed by atoms with van der Waals surface area (Å²) in [7, 11) is 1.58. The first kappa shape index (κ1) is 24.5. The minimum Gasteiger partial charge on any atom is -0.493 e. The standard InChI is InChI=1S/C27H25BrN6O3/c1-16-9-7-8-12-21(16)30-26(35)23-17(2)29-27-31-32-33-34(27)24(23)19-13-20(28)25(22(14-19)36-3)37-15-18-10-5-4-6-11-18/h4-14,24H,15H2,1-3H3,(H,30,35)(H,29,31,33). The fourth-order valence-corrected chi connectivity index (χ4v) is 4.86. The third-order valence-corrected chi connectivity index (χ3v) is 6.73. The molecule has 4 aromatic rings. The number of rotatable bonds is 7. The van der Waals surface area contributed by atoms with Crippen LogP contribution in [0.1, 0.15) is 29.7 Å². The Morgan fingerprint density at radius 1 is 1.11 bits per heavy atom. The molecule has 5 rings (SSSR count). The molecule has 0 saturated heterocycles. The summed E-state index contributed by atoms with van der Waals surface area (Å²) in [6.07, 6.45) is 0. The molecule has 0 fully saturated rings. The number of allylic oxidation sites excluding steroid dienone is 1. The van der Waals surface area contributed by atoms with Crippen molar-refractivity contribution in [1.29, 1.82) is 0 Å². The second-order valence-electron chi connectivity index (χ2n) is 8.59. The smallest absolute Gasteiger partial charge is 0.255 e. The molecule has 2 heterocycles. The van der Waals surface area contributed by atoms with Crippen LogP contribution in [-0.2, 0) is 11.4 Å². The minimum atomic E-state index is -0.608. The highest BCUT2D eigenvalue weighted by molar-refractivity contribution is 9.10. The number of carbonyl (C=O) groups excluding carboxylic acids is 1. The van der Waals surface area contributed by atoms with Crippen LogP contribution in [0.5, 0.6) is 11.5 Å². The normalized spacial score (nSPS) is 14.5. The fraction of sp³-hybridized carbons (Fsp3) is 0.185. The molecule has 1 atom stereocenters. The Hall–Kier alpha value is -4.18. The number of tetrazole rings is 1. The Kier molecular flexibility index (Phi) is 6.91. The van der Waals surface area contributed by atoms with Crippen molar-refractivity contribution in [3.63, 3.8) is 0 Å². The Morgan fingerprint density at radius 2 is 1.86 bits per heavy atom. The topological polar surface area (TPSA) is 103 Å². The van der Waals surface area contributed by atoms with Gasteiger partial charge in [-0.1, -0.05) is 53.6 Å². The molecule has 2 N–H and O–H groups in total. The Bertz CT molecular complexity index is 1480. The molecule has 0 radical (unpaired) electrons. The summed E-state index contributed by atoms with van der Waals surface area (Å²) in [5.74, 6) is 1.26. The molecule has 9 nitrogen and oxygen atoms in total. The molecular formula is C27H25BrN6O3. The van der Waals surface area contributed by atoms with E-state index in [1.54, 1.807) is 11.8 Å². The monoisotopic (exact) mass is 560 g/mol. The van der Waals surface area contributed by atoms with Gasteiger partial charge in [-0.2, -0.15) is 4.68 Å². The third-order valence-electron chi connectivity index (χ3n) is 6.15. The van der Waals surface area contributed by atoms with Crippen LogP contribution in [0, 0.1) is 6.92 Å². The van der Waals surface area contributed by atoms with E-state index in [4.69, 9.17) is 9.47 Å². The Balaban J connectivity index is 1.53. The zero-order valence-electron chi connectivity index (χ0n) is 20.5. The average Bonchev–Trinajstić information content (AvgIpc) is 3.36. The molecule has 0 bridgehead atoms. The zero-order chi connectivity index (χ0) is 25.9. The van der Waals surface area contributed by atoms with Crippen LogP contribution in [-0.4, -0.2) is 33.2 Å². The van der Waals surface area contributed by atoms with Gasteiger partial charge in [0, 0.05) is 11.4 Å². The lowest BCUT2D eigenvalue weighted by Crippen LogP contribution is -2.31. The molecule has 1 amide bonds. The number of aromatic nitrogens is 4. The van der Waals surface area contributed by atoms with Gasteiger partial charge < -0.3 is 20.1 Å². The van der Waals surface area contributed by atoms with Crippen molar-refractivity contribution in [2.24, 2.45) is 0 Å². The number of para-hydroxylation sites is 1. The van der Waals surface area contributed by atoms with E-state index in [-0.39, 0.29) is 5.91 Å². The number of hydrogen-bond acceptors (Lipinski definition) is 7. The predicted octanol–water partition coefficient (Wildman–Crippen LogP) is 5.26. The van der Waals surface area contributed by atoms with Crippen molar-refractivity contribution < 1.29 is 14.3 Å². The Morgan fingerprint density at radius 3 is 2.62 bits per heavy atom. The number of halogens is 1. The number of amides is 1. The van der Waals surface area contributed by atoms with E-state index in [0.717, 1.165) is 22.4 Å². The van der Waals surface area contributed by atoms with Gasteiger partial charge in [0.15, 0.2) is 11.5 Å². The molecule has 0 aliphatic carbocycles. The molecule has 1 aromatic heterocycles. The van der Waals surface area contributed by atoms with Crippen molar-refractivity contribution in [1.82, 2.24) is 20.2 Å². The number of carbonyl (C=O) groups is 1. The first-order chi connectivity index (χ1) is 18.0. The lowest BCUT2D eigenvalue weighted by molar-refractivity contribution is -0.113. The highest BCUT2D eigenvalue weighted by atomic mass is 79.9. The molecule has 3 aromatic carbocycles. The second kappa shape index (κ2) is 10.4. The first-order valence-electron chi connectivity index (χ1n) is 11.6. The second-order valence-corrected chi connectivity index (χ2v) is 9.45. The number of methoxy groups -OCH3 is 1. The van der Waals surface area contributed by atoms with Crippen LogP contribution in [0.25, 0.3) is 0 Å². The molecule has 0 spiro atoms. The van der Waals surface area contributed by atoms with Crippen molar-refractivity contribution in [3.8, 4) is 11.5 Å². The number of benzene rings is 3. The fourth-order valence-electron chi connectivity index (χ4n) is 4.28. The zero-order valence-corrected chi connectivity index (χ0v) is 22.1. The van der Waals surface area contributed by atoms with Crippen molar-refractivity contribution >= 4 is 33.5 Å². The summed E-state index contributed by atoms with van der Waals surface area (Å²) in [4.78, 5) is 13.7. The van der Waals surface area contributed by atoms with E-state index < -0.39 is 6.04 Å². The molecule has 1 aliphatic heterocycles. The van der Waals surface area contributed by atoms with Gasteiger partial charge in [-0.3, -0.25) is 4.79 Å². The first-order valence-corrected chi connectivity index (χ1v) is 12.4. The molecule has 1 unspecified atom stereocenters. The summed E-state index contributed by atoms with van der Waals surface area (Å²) in [6.45, 7) is 4.16. The number of nitrogens with one attached hydrogen (secondary N) is 2. The highest BCUT2D eigenvalue weighted by Gasteiger charge is 2.35. The van der Waals surface area contributed by atoms with Crippen LogP contribution in [0.2, 0.25) is 0 Å². The number of aryl methyl sites for hydroxylation is 1. The van der Waals surface area contributed by atoms with Gasteiger partial charge in [-0.05, 0) is 75.1 Å². The number of hydrogen-bond donors (Lipinski definition) is 2. The van der Waals surface area contributed by atoms with Crippen LogP contribution in [0.15, 0.2) is 82.5 Å². The summed E-state index contributed by atoms with van der Waals surface area (Å²) in [6, 6.07) is 20.7. The van der Waals surface area contributed by atoms with Gasteiger partial charge in [-0.15, -0.1) is 0 Å². The van der Waals surface area contributed by atoms with E-state index in [9.17, 15) is 4.79 Å². The molecule has 1 aliphatic rings. The van der Waals surface area contributed by atoms with E-state index in [1.807, 2.05) is 80.6 Å². The maximum Gasteiger partial charge on any atom is 0.255 e. The van der Waals surface area contributed by atoms with Crippen LogP contribution in [0.4, 0.5) is 11.6 Å². The van der Waals surface area contributed by atoms with Crippen LogP contribution in [0.3, 0.4) is 0 Å². The summed E-state index contributed by atoms with van der Waals surface area (Å²) in [5.41, 5.74) is 4.61. The number of nitrogens with zero attached hydrogens (tertiary/aromatic N) is 4. The molecule has 0 saturated carbocycles. The number of anilines is 2. The summed E-state index contributed by atoms with van der Waals surface area (Å²) in [5, 5.41) is 18.3. The van der Waals surface area contributed by atoms with E-state index in [2.05, 4.69) is 42.1 Å². The Labute approximate surface area is 222 Å². The summed E-state index contributed by atoms with van der Waals surface area (Å²) >= 11 is 3.65. The van der Waals surface area contributed by atoms with Gasteiger partial charge in [0.25, 0.3) is 5.91 Å². The largest absolute Gasteiger partial charge is 0.493 e. The van der Waals surface area contributed by atoms with Crippen LogP contribution < -0.4 is 20.1 Å². The quantitative estimate of drug-likeness (QED) is 0.317. The van der Waals surface area contributed by atoms with Gasteiger partial charge in [-0.25, -0.2) is 0 Å². The van der Waals surface area contributed by atoms with E-state index in [0.29, 0.717) is 39.8 Å². The maximum absolute atomic E-state index is 13.7. The third kappa shape index (κ3) is 4.92. The lowest BCUT2D eigenvalue weighted by atomic mass is 9.94.